The van der Waals surface area contributed by atoms with E-state index in [9.17, 15) is 0 Å². The highest BCUT2D eigenvalue weighted by Gasteiger charge is 2.37. The molecule has 1 aliphatic carbocycles. The lowest BCUT2D eigenvalue weighted by molar-refractivity contribution is 0.0194. The van der Waals surface area contributed by atoms with Crippen molar-refractivity contribution in [1.29, 1.82) is 0 Å². The zero-order valence-electron chi connectivity index (χ0n) is 11.8. The molecule has 2 unspecified atom stereocenters. The molecule has 0 spiro atoms. The van der Waals surface area contributed by atoms with Gasteiger partial charge in [0.2, 0.25) is 0 Å². The van der Waals surface area contributed by atoms with E-state index in [-0.39, 0.29) is 0 Å². The molecular weight excluding hydrogens is 322 g/mol. The molecule has 1 heterocycles. The van der Waals surface area contributed by atoms with Gasteiger partial charge in [0, 0.05) is 28.4 Å². The van der Waals surface area contributed by atoms with Gasteiger partial charge in [0.25, 0.3) is 0 Å². The largest absolute Gasteiger partial charge is 0.377 e. The van der Waals surface area contributed by atoms with Crippen molar-refractivity contribution < 1.29 is 4.74 Å². The zero-order valence-corrected chi connectivity index (χ0v) is 14.2. The van der Waals surface area contributed by atoms with Crippen LogP contribution in [-0.4, -0.2) is 25.3 Å². The Hall–Kier alpha value is 0.1000. The van der Waals surface area contributed by atoms with Gasteiger partial charge in [-0.1, -0.05) is 6.92 Å². The number of ether oxygens (including phenoxy) is 1. The molecule has 0 aromatic carbocycles. The quantitative estimate of drug-likeness (QED) is 0.722. The Kier molecular flexibility index (Phi) is 6.33. The molecule has 4 heteroatoms. The van der Waals surface area contributed by atoms with Crippen molar-refractivity contribution in [3.8, 4) is 0 Å². The van der Waals surface area contributed by atoms with Gasteiger partial charge in [-0.15, -0.1) is 11.3 Å². The highest BCUT2D eigenvalue weighted by molar-refractivity contribution is 9.10. The average molecular weight is 346 g/mol. The van der Waals surface area contributed by atoms with Gasteiger partial charge in [0.1, 0.15) is 0 Å². The van der Waals surface area contributed by atoms with Crippen LogP contribution in [0.25, 0.3) is 0 Å². The minimum atomic E-state index is 0.380. The molecule has 1 fully saturated rings. The Bertz CT molecular complexity index is 378. The lowest BCUT2D eigenvalue weighted by Crippen LogP contribution is -2.44. The molecule has 0 amide bonds. The van der Waals surface area contributed by atoms with Crippen molar-refractivity contribution in [3.05, 3.63) is 20.8 Å². The first kappa shape index (κ1) is 15.5. The zero-order chi connectivity index (χ0) is 13.7. The van der Waals surface area contributed by atoms with Crippen molar-refractivity contribution in [2.45, 2.75) is 51.7 Å². The molecule has 2 rings (SSSR count). The Morgan fingerprint density at radius 1 is 1.47 bits per heavy atom. The number of halogens is 1. The molecule has 1 aromatic heterocycles. The normalized spacial score (nSPS) is 18.5. The molecule has 1 aromatic rings. The molecule has 2 atom stereocenters. The third-order valence-corrected chi connectivity index (χ3v) is 5.54. The number of nitrogens with one attached hydrogen (secondary N) is 1. The van der Waals surface area contributed by atoms with Gasteiger partial charge in [-0.05, 0) is 66.0 Å². The van der Waals surface area contributed by atoms with E-state index in [4.69, 9.17) is 4.74 Å². The molecule has 1 N–H and O–H groups in total. The Balaban J connectivity index is 2.02. The van der Waals surface area contributed by atoms with Gasteiger partial charge < -0.3 is 10.1 Å². The summed E-state index contributed by atoms with van der Waals surface area (Å²) >= 11 is 5.48. The summed E-state index contributed by atoms with van der Waals surface area (Å²) in [5.41, 5.74) is 0. The number of hydrogen-bond acceptors (Lipinski definition) is 3. The van der Waals surface area contributed by atoms with Crippen molar-refractivity contribution in [1.82, 2.24) is 5.32 Å². The van der Waals surface area contributed by atoms with E-state index in [1.54, 1.807) is 0 Å². The lowest BCUT2D eigenvalue weighted by atomic mass is 10.0. The van der Waals surface area contributed by atoms with Crippen LogP contribution in [0.15, 0.2) is 15.9 Å². The smallest absolute Gasteiger partial charge is 0.0759 e. The fourth-order valence-corrected chi connectivity index (χ4v) is 4.08. The minimum Gasteiger partial charge on any atom is -0.377 e. The maximum Gasteiger partial charge on any atom is 0.0759 e. The van der Waals surface area contributed by atoms with Crippen molar-refractivity contribution in [2.24, 2.45) is 5.92 Å². The van der Waals surface area contributed by atoms with E-state index in [0.717, 1.165) is 25.5 Å². The van der Waals surface area contributed by atoms with Crippen LogP contribution in [0.4, 0.5) is 0 Å². The monoisotopic (exact) mass is 345 g/mol. The molecule has 0 aliphatic heterocycles. The number of rotatable bonds is 9. The van der Waals surface area contributed by atoms with Crippen molar-refractivity contribution in [3.63, 3.8) is 0 Å². The van der Waals surface area contributed by atoms with E-state index in [0.29, 0.717) is 12.1 Å². The first-order valence-corrected chi connectivity index (χ1v) is 9.00. The number of hydrogen-bond donors (Lipinski definition) is 1. The molecule has 1 aliphatic rings. The average Bonchev–Trinajstić information content (AvgIpc) is 3.17. The van der Waals surface area contributed by atoms with E-state index in [1.165, 1.54) is 28.6 Å². The van der Waals surface area contributed by atoms with E-state index in [2.05, 4.69) is 46.5 Å². The predicted molar refractivity (Wildman–Crippen MR) is 85.9 cm³/mol. The van der Waals surface area contributed by atoms with Crippen LogP contribution in [0.5, 0.6) is 0 Å². The third-order valence-electron chi connectivity index (χ3n) is 3.60. The van der Waals surface area contributed by atoms with Crippen LogP contribution >= 0.6 is 27.3 Å². The van der Waals surface area contributed by atoms with Gasteiger partial charge >= 0.3 is 0 Å². The third kappa shape index (κ3) is 4.55. The Morgan fingerprint density at radius 2 is 2.26 bits per heavy atom. The van der Waals surface area contributed by atoms with E-state index < -0.39 is 0 Å². The standard InChI is InChI=1S/C15H24BrNOS/c1-3-8-17-13(10-14-12(16)7-9-19-14)15(18-4-2)11-5-6-11/h7,9,11,13,15,17H,3-6,8,10H2,1-2H3. The molecule has 108 valence electrons. The summed E-state index contributed by atoms with van der Waals surface area (Å²) in [4.78, 5) is 1.43. The lowest BCUT2D eigenvalue weighted by Gasteiger charge is -2.28. The van der Waals surface area contributed by atoms with Crippen molar-refractivity contribution >= 4 is 27.3 Å². The summed E-state index contributed by atoms with van der Waals surface area (Å²) in [6.07, 6.45) is 5.29. The SMILES string of the molecule is CCCNC(Cc1sccc1Br)C(OCC)C1CC1. The molecule has 0 bridgehead atoms. The van der Waals surface area contributed by atoms with Crippen LogP contribution in [0.1, 0.15) is 38.0 Å². The molecule has 0 saturated heterocycles. The second-order valence-electron chi connectivity index (χ2n) is 5.21. The summed E-state index contributed by atoms with van der Waals surface area (Å²) in [6, 6.07) is 2.59. The summed E-state index contributed by atoms with van der Waals surface area (Å²) in [7, 11) is 0. The van der Waals surface area contributed by atoms with E-state index >= 15 is 0 Å². The maximum absolute atomic E-state index is 6.04. The topological polar surface area (TPSA) is 21.3 Å². The minimum absolute atomic E-state index is 0.380. The maximum atomic E-state index is 6.04. The summed E-state index contributed by atoms with van der Waals surface area (Å²) < 4.78 is 7.28. The first-order chi connectivity index (χ1) is 9.26. The van der Waals surface area contributed by atoms with E-state index in [1.807, 2.05) is 11.3 Å². The van der Waals surface area contributed by atoms with Gasteiger partial charge in [-0.3, -0.25) is 0 Å². The second-order valence-corrected chi connectivity index (χ2v) is 7.07. The second kappa shape index (κ2) is 7.77. The van der Waals surface area contributed by atoms with Crippen LogP contribution in [-0.2, 0) is 11.2 Å². The predicted octanol–water partition coefficient (Wildman–Crippen LogP) is 4.24. The van der Waals surface area contributed by atoms with Crippen LogP contribution in [0.3, 0.4) is 0 Å². The highest BCUT2D eigenvalue weighted by atomic mass is 79.9. The highest BCUT2D eigenvalue weighted by Crippen LogP contribution is 2.37. The molecular formula is C15H24BrNOS. The van der Waals surface area contributed by atoms with Gasteiger partial charge in [-0.25, -0.2) is 0 Å². The van der Waals surface area contributed by atoms with Gasteiger partial charge in [0.05, 0.1) is 6.10 Å². The molecule has 0 radical (unpaired) electrons. The van der Waals surface area contributed by atoms with Crippen molar-refractivity contribution in [2.75, 3.05) is 13.2 Å². The summed E-state index contributed by atoms with van der Waals surface area (Å²) in [5, 5.41) is 5.86. The Labute approximate surface area is 129 Å². The number of thiophene rings is 1. The van der Waals surface area contributed by atoms with Crippen LogP contribution in [0, 0.1) is 5.92 Å². The van der Waals surface area contributed by atoms with Gasteiger partial charge in [0.15, 0.2) is 0 Å². The summed E-state index contributed by atoms with van der Waals surface area (Å²) in [5.74, 6) is 0.771. The fraction of sp³-hybridized carbons (Fsp3) is 0.733. The first-order valence-electron chi connectivity index (χ1n) is 7.33. The van der Waals surface area contributed by atoms with Crippen LogP contribution in [0.2, 0.25) is 0 Å². The molecule has 19 heavy (non-hydrogen) atoms. The Morgan fingerprint density at radius 3 is 2.79 bits per heavy atom. The summed E-state index contributed by atoms with van der Waals surface area (Å²) in [6.45, 7) is 6.21. The van der Waals surface area contributed by atoms with Crippen LogP contribution < -0.4 is 5.32 Å². The fourth-order valence-electron chi connectivity index (χ4n) is 2.50. The van der Waals surface area contributed by atoms with Gasteiger partial charge in [-0.2, -0.15) is 0 Å². The molecule has 2 nitrogen and oxygen atoms in total. The molecule has 1 saturated carbocycles.